The zero-order chi connectivity index (χ0) is 20.3. The van der Waals surface area contributed by atoms with Gasteiger partial charge in [-0.3, -0.25) is 9.59 Å². The number of rotatable bonds is 7. The van der Waals surface area contributed by atoms with Crippen LogP contribution < -0.4 is 10.6 Å². The Labute approximate surface area is 147 Å². The largest absolute Gasteiger partial charge is 0.481 e. The van der Waals surface area contributed by atoms with Crippen molar-refractivity contribution in [3.8, 4) is 0 Å². The summed E-state index contributed by atoms with van der Waals surface area (Å²) < 4.78 is 79.8. The van der Waals surface area contributed by atoms with E-state index < -0.39 is 47.4 Å². The number of anilines is 1. The van der Waals surface area contributed by atoms with Gasteiger partial charge in [-0.1, -0.05) is 13.8 Å². The van der Waals surface area contributed by atoms with E-state index in [9.17, 15) is 35.9 Å². The van der Waals surface area contributed by atoms with Crippen molar-refractivity contribution in [1.29, 1.82) is 0 Å². The van der Waals surface area contributed by atoms with E-state index in [2.05, 4.69) is 4.98 Å². The Bertz CT molecular complexity index is 644. The lowest BCUT2D eigenvalue weighted by molar-refractivity contribution is -0.295. The van der Waals surface area contributed by atoms with Crippen LogP contribution in [0.2, 0.25) is 0 Å². The average molecular weight is 407 g/mol. The minimum absolute atomic E-state index is 0.0254. The van der Waals surface area contributed by atoms with E-state index in [1.807, 2.05) is 0 Å². The van der Waals surface area contributed by atoms with Crippen LogP contribution in [0.5, 0.6) is 0 Å². The molecule has 3 N–H and O–H groups in total. The predicted molar refractivity (Wildman–Crippen MR) is 79.7 cm³/mol. The van der Waals surface area contributed by atoms with Crippen molar-refractivity contribution < 1.29 is 41.0 Å². The molecule has 26 heavy (non-hydrogen) atoms. The molecule has 148 valence electrons. The van der Waals surface area contributed by atoms with Crippen LogP contribution in [0.4, 0.5) is 31.5 Å². The summed E-state index contributed by atoms with van der Waals surface area (Å²) in [7, 11) is 0. The highest BCUT2D eigenvalue weighted by atomic mass is 32.1. The molecule has 1 atom stereocenters. The molecular weight excluding hydrogens is 392 g/mol. The van der Waals surface area contributed by atoms with Gasteiger partial charge in [-0.15, -0.1) is 11.3 Å². The van der Waals surface area contributed by atoms with Crippen LogP contribution in [0.1, 0.15) is 37.5 Å². The van der Waals surface area contributed by atoms with Gasteiger partial charge in [-0.2, -0.15) is 26.3 Å². The van der Waals surface area contributed by atoms with E-state index >= 15 is 0 Å². The molecule has 1 amide bonds. The second kappa shape index (κ2) is 7.68. The molecule has 6 nitrogen and oxygen atoms in total. The number of carbonyl (C=O) groups is 2. The number of thiazole rings is 1. The Morgan fingerprint density at radius 3 is 2.12 bits per heavy atom. The lowest BCUT2D eigenvalue weighted by Gasteiger charge is -2.38. The molecule has 0 aliphatic rings. The Balaban J connectivity index is 3.36. The topological polar surface area (TPSA) is 91.3 Å². The Hall–Kier alpha value is -2.05. The van der Waals surface area contributed by atoms with E-state index in [0.29, 0.717) is 11.3 Å². The van der Waals surface area contributed by atoms with Gasteiger partial charge in [0.25, 0.3) is 0 Å². The number of aliphatic carboxylic acids is 1. The maximum Gasteiger partial charge on any atom is 0.439 e. The maximum absolute atomic E-state index is 13.3. The van der Waals surface area contributed by atoms with Crippen molar-refractivity contribution in [2.45, 2.75) is 50.6 Å². The standard InChI is InChI=1S/C13H15F6N3O3S/c1-3-6(9(24)25)7-5-20-10(26-7)22-11(12(14,15)16,13(17,18)19)21-8(23)4-2/h5-6H,3-4H2,1-2H3,(H,20,22)(H,21,23)(H,24,25). The van der Waals surface area contributed by atoms with Gasteiger partial charge < -0.3 is 15.7 Å². The number of nitrogens with one attached hydrogen (secondary N) is 2. The molecule has 0 saturated heterocycles. The van der Waals surface area contributed by atoms with Crippen molar-refractivity contribution in [1.82, 2.24) is 10.3 Å². The third-order valence-electron chi connectivity index (χ3n) is 3.37. The minimum Gasteiger partial charge on any atom is -0.481 e. The molecule has 1 aromatic heterocycles. The number of carbonyl (C=O) groups excluding carboxylic acids is 1. The Morgan fingerprint density at radius 1 is 1.19 bits per heavy atom. The van der Waals surface area contributed by atoms with Gasteiger partial charge in [-0.25, -0.2) is 4.98 Å². The highest BCUT2D eigenvalue weighted by molar-refractivity contribution is 7.15. The van der Waals surface area contributed by atoms with E-state index in [1.165, 1.54) is 12.2 Å². The van der Waals surface area contributed by atoms with Crippen LogP contribution in [0.15, 0.2) is 6.20 Å². The van der Waals surface area contributed by atoms with Crippen LogP contribution in [-0.4, -0.2) is 40.0 Å². The molecule has 0 fully saturated rings. The van der Waals surface area contributed by atoms with Crippen LogP contribution >= 0.6 is 11.3 Å². The van der Waals surface area contributed by atoms with Gasteiger partial charge in [-0.05, 0) is 6.42 Å². The number of aromatic nitrogens is 1. The summed E-state index contributed by atoms with van der Waals surface area (Å²) in [6, 6.07) is 0. The zero-order valence-corrected chi connectivity index (χ0v) is 14.3. The number of hydrogen-bond acceptors (Lipinski definition) is 5. The molecule has 1 unspecified atom stereocenters. The van der Waals surface area contributed by atoms with Crippen LogP contribution in [0, 0.1) is 0 Å². The number of halogens is 6. The number of carboxylic acid groups (broad SMARTS) is 1. The van der Waals surface area contributed by atoms with Gasteiger partial charge >= 0.3 is 24.0 Å². The number of carboxylic acids is 1. The molecule has 0 saturated carbocycles. The lowest BCUT2D eigenvalue weighted by atomic mass is 10.1. The second-order valence-corrected chi connectivity index (χ2v) is 6.20. The Morgan fingerprint density at radius 2 is 1.73 bits per heavy atom. The van der Waals surface area contributed by atoms with Gasteiger partial charge in [0.05, 0.1) is 5.92 Å². The highest BCUT2D eigenvalue weighted by Crippen LogP contribution is 2.44. The first kappa shape index (κ1) is 22.0. The molecular formula is C13H15F6N3O3S. The molecule has 0 aliphatic carbocycles. The summed E-state index contributed by atoms with van der Waals surface area (Å²) in [4.78, 5) is 25.8. The monoisotopic (exact) mass is 407 g/mol. The lowest BCUT2D eigenvalue weighted by Crippen LogP contribution is -2.72. The maximum atomic E-state index is 13.3. The van der Waals surface area contributed by atoms with Gasteiger partial charge in [0.1, 0.15) is 0 Å². The SMILES string of the molecule is CCC(=O)NC(Nc1ncc(C(CC)C(=O)O)s1)(C(F)(F)F)C(F)(F)F. The summed E-state index contributed by atoms with van der Waals surface area (Å²) in [5, 5.41) is 10.3. The average Bonchev–Trinajstić information content (AvgIpc) is 2.92. The van der Waals surface area contributed by atoms with Crippen LogP contribution in [0.3, 0.4) is 0 Å². The van der Waals surface area contributed by atoms with Gasteiger partial charge in [0.2, 0.25) is 5.91 Å². The summed E-state index contributed by atoms with van der Waals surface area (Å²) in [6.45, 7) is 2.58. The first-order valence-corrected chi connectivity index (χ1v) is 8.01. The fourth-order valence-electron chi connectivity index (χ4n) is 1.94. The fourth-order valence-corrected chi connectivity index (χ4v) is 2.98. The van der Waals surface area contributed by atoms with E-state index in [0.717, 1.165) is 18.4 Å². The quantitative estimate of drug-likeness (QED) is 0.476. The van der Waals surface area contributed by atoms with Gasteiger partial charge in [0.15, 0.2) is 5.13 Å². The molecule has 13 heteroatoms. The summed E-state index contributed by atoms with van der Waals surface area (Å²) in [6.07, 6.45) is -11.6. The zero-order valence-electron chi connectivity index (χ0n) is 13.5. The van der Waals surface area contributed by atoms with E-state index in [4.69, 9.17) is 5.11 Å². The smallest absolute Gasteiger partial charge is 0.439 e. The number of amides is 1. The molecule has 0 spiro atoms. The summed E-state index contributed by atoms with van der Waals surface area (Å²) in [5.41, 5.74) is -4.76. The first-order chi connectivity index (χ1) is 11.8. The van der Waals surface area contributed by atoms with E-state index in [-0.39, 0.29) is 11.3 Å². The van der Waals surface area contributed by atoms with Crippen molar-refractivity contribution in [3.63, 3.8) is 0 Å². The molecule has 1 aromatic rings. The van der Waals surface area contributed by atoms with Gasteiger partial charge in [0, 0.05) is 17.5 Å². The fraction of sp³-hybridized carbons (Fsp3) is 0.615. The number of alkyl halides is 6. The second-order valence-electron chi connectivity index (χ2n) is 5.14. The van der Waals surface area contributed by atoms with Crippen molar-refractivity contribution in [2.24, 2.45) is 0 Å². The van der Waals surface area contributed by atoms with Crippen molar-refractivity contribution in [2.75, 3.05) is 5.32 Å². The Kier molecular flexibility index (Phi) is 6.49. The molecule has 0 bridgehead atoms. The number of hydrogen-bond donors (Lipinski definition) is 3. The molecule has 1 rings (SSSR count). The normalized spacial score (nSPS) is 14.0. The van der Waals surface area contributed by atoms with Crippen molar-refractivity contribution in [3.05, 3.63) is 11.1 Å². The van der Waals surface area contributed by atoms with Crippen molar-refractivity contribution >= 4 is 28.3 Å². The third kappa shape index (κ3) is 4.37. The molecule has 0 aromatic carbocycles. The molecule has 0 aliphatic heterocycles. The number of nitrogens with zero attached hydrogens (tertiary/aromatic N) is 1. The highest BCUT2D eigenvalue weighted by Gasteiger charge is 2.72. The first-order valence-electron chi connectivity index (χ1n) is 7.20. The van der Waals surface area contributed by atoms with E-state index in [1.54, 1.807) is 0 Å². The summed E-state index contributed by atoms with van der Waals surface area (Å²) in [5.74, 6) is -3.90. The summed E-state index contributed by atoms with van der Waals surface area (Å²) >= 11 is 0.333. The molecule has 0 radical (unpaired) electrons. The minimum atomic E-state index is -5.95. The predicted octanol–water partition coefficient (Wildman–Crippen LogP) is 3.48. The van der Waals surface area contributed by atoms with Crippen LogP contribution in [0.25, 0.3) is 0 Å². The third-order valence-corrected chi connectivity index (χ3v) is 4.39. The van der Waals surface area contributed by atoms with Crippen LogP contribution in [-0.2, 0) is 9.59 Å². The molecule has 1 heterocycles.